The number of aliphatic hydroxyl groups is 1. The van der Waals surface area contributed by atoms with Gasteiger partial charge in [0.2, 0.25) is 0 Å². The number of aliphatic hydroxyl groups excluding tert-OH is 1. The maximum absolute atomic E-state index is 13.3. The van der Waals surface area contributed by atoms with Crippen molar-refractivity contribution in [2.24, 2.45) is 0 Å². The number of benzene rings is 1. The van der Waals surface area contributed by atoms with E-state index in [0.717, 1.165) is 10.5 Å². The van der Waals surface area contributed by atoms with Gasteiger partial charge in [-0.15, -0.1) is 0 Å². The summed E-state index contributed by atoms with van der Waals surface area (Å²) in [6.07, 6.45) is -4.18. The number of nitrogens with one attached hydrogen (secondary N) is 1. The Morgan fingerprint density at radius 2 is 1.87 bits per heavy atom. The zero-order chi connectivity index (χ0) is 23.0. The standard InChI is InChI=1S/C20H27N3O8/c1-4-29-18(26)21-23(20(28)30-5-2)16(13(3)24)17(25)22-15(12-31-19(22)27)11-14-9-7-6-8-10-14/h6-10,13,15-16,24H,4-5,11-12H2,1-3H3,(H,21,26). The smallest absolute Gasteiger partial charge is 0.429 e. The van der Waals surface area contributed by atoms with Gasteiger partial charge >= 0.3 is 18.3 Å². The Kier molecular flexibility index (Phi) is 8.62. The highest BCUT2D eigenvalue weighted by atomic mass is 16.6. The van der Waals surface area contributed by atoms with Gasteiger partial charge in [-0.05, 0) is 32.8 Å². The molecule has 1 saturated heterocycles. The average Bonchev–Trinajstić information content (AvgIpc) is 3.08. The van der Waals surface area contributed by atoms with Crippen molar-refractivity contribution in [2.45, 2.75) is 45.4 Å². The maximum Gasteiger partial charge on any atom is 0.429 e. The molecule has 3 unspecified atom stereocenters. The van der Waals surface area contributed by atoms with E-state index >= 15 is 0 Å². The van der Waals surface area contributed by atoms with Crippen LogP contribution in [0.15, 0.2) is 30.3 Å². The molecule has 11 nitrogen and oxygen atoms in total. The molecule has 2 rings (SSSR count). The molecule has 170 valence electrons. The quantitative estimate of drug-likeness (QED) is 0.483. The van der Waals surface area contributed by atoms with E-state index in [9.17, 15) is 24.3 Å². The zero-order valence-corrected chi connectivity index (χ0v) is 17.6. The predicted octanol–water partition coefficient (Wildman–Crippen LogP) is 1.45. The molecule has 31 heavy (non-hydrogen) atoms. The number of imide groups is 1. The van der Waals surface area contributed by atoms with Crippen molar-refractivity contribution in [1.82, 2.24) is 15.3 Å². The Morgan fingerprint density at radius 1 is 1.23 bits per heavy atom. The van der Waals surface area contributed by atoms with Gasteiger partial charge < -0.3 is 19.3 Å². The van der Waals surface area contributed by atoms with E-state index in [1.165, 1.54) is 13.8 Å². The van der Waals surface area contributed by atoms with E-state index in [0.29, 0.717) is 11.4 Å². The van der Waals surface area contributed by atoms with Crippen LogP contribution in [0.25, 0.3) is 0 Å². The first-order chi connectivity index (χ1) is 14.8. The Morgan fingerprint density at radius 3 is 2.45 bits per heavy atom. The second kappa shape index (κ2) is 11.2. The van der Waals surface area contributed by atoms with Crippen LogP contribution in [0.4, 0.5) is 14.4 Å². The highest BCUT2D eigenvalue weighted by molar-refractivity contribution is 5.98. The summed E-state index contributed by atoms with van der Waals surface area (Å²) < 4.78 is 14.7. The topological polar surface area (TPSA) is 135 Å². The number of hydrazine groups is 1. The van der Waals surface area contributed by atoms with Gasteiger partial charge in [-0.2, -0.15) is 0 Å². The Bertz CT molecular complexity index is 786. The minimum Gasteiger partial charge on any atom is -0.449 e. The van der Waals surface area contributed by atoms with E-state index in [-0.39, 0.29) is 19.8 Å². The van der Waals surface area contributed by atoms with Crippen molar-refractivity contribution in [3.05, 3.63) is 35.9 Å². The van der Waals surface area contributed by atoms with Crippen LogP contribution in [-0.2, 0) is 25.4 Å². The van der Waals surface area contributed by atoms with Gasteiger partial charge in [-0.25, -0.2) is 29.7 Å². The first kappa shape index (κ1) is 23.9. The number of hydrogen-bond acceptors (Lipinski definition) is 8. The summed E-state index contributed by atoms with van der Waals surface area (Å²) in [5.74, 6) is -0.928. The summed E-state index contributed by atoms with van der Waals surface area (Å²) in [6, 6.07) is 6.84. The third kappa shape index (κ3) is 6.07. The lowest BCUT2D eigenvalue weighted by Crippen LogP contribution is -2.62. The highest BCUT2D eigenvalue weighted by Gasteiger charge is 2.46. The van der Waals surface area contributed by atoms with Crippen molar-refractivity contribution in [3.8, 4) is 0 Å². The van der Waals surface area contributed by atoms with Crippen LogP contribution in [0.1, 0.15) is 26.3 Å². The van der Waals surface area contributed by atoms with E-state index in [1.807, 2.05) is 30.3 Å². The van der Waals surface area contributed by atoms with E-state index in [1.54, 1.807) is 6.92 Å². The second-order valence-corrected chi connectivity index (χ2v) is 6.72. The van der Waals surface area contributed by atoms with Crippen molar-refractivity contribution < 1.29 is 38.5 Å². The van der Waals surface area contributed by atoms with E-state index < -0.39 is 42.4 Å². The average molecular weight is 437 g/mol. The van der Waals surface area contributed by atoms with Crippen molar-refractivity contribution in [1.29, 1.82) is 0 Å². The van der Waals surface area contributed by atoms with Gasteiger partial charge in [0.25, 0.3) is 5.91 Å². The number of rotatable bonds is 7. The molecule has 1 aromatic carbocycles. The Labute approximate surface area is 179 Å². The lowest BCUT2D eigenvalue weighted by molar-refractivity contribution is -0.139. The number of hydrogen-bond donors (Lipinski definition) is 2. The lowest BCUT2D eigenvalue weighted by atomic mass is 10.0. The lowest BCUT2D eigenvalue weighted by Gasteiger charge is -2.33. The van der Waals surface area contributed by atoms with Crippen molar-refractivity contribution in [3.63, 3.8) is 0 Å². The maximum atomic E-state index is 13.3. The monoisotopic (exact) mass is 437 g/mol. The fourth-order valence-electron chi connectivity index (χ4n) is 3.13. The normalized spacial score (nSPS) is 17.4. The fourth-order valence-corrected chi connectivity index (χ4v) is 3.13. The SMILES string of the molecule is CCOC(=O)NN(C(=O)OCC)C(C(=O)N1C(=O)OCC1Cc1ccccc1)C(C)O. The van der Waals surface area contributed by atoms with Gasteiger partial charge in [0.15, 0.2) is 6.04 Å². The van der Waals surface area contributed by atoms with Gasteiger partial charge in [0, 0.05) is 0 Å². The molecule has 0 radical (unpaired) electrons. The van der Waals surface area contributed by atoms with Crippen LogP contribution < -0.4 is 5.43 Å². The van der Waals surface area contributed by atoms with Crippen LogP contribution in [0, 0.1) is 0 Å². The Balaban J connectivity index is 2.32. The molecule has 0 bridgehead atoms. The molecule has 1 fully saturated rings. The van der Waals surface area contributed by atoms with E-state index in [2.05, 4.69) is 5.43 Å². The molecular formula is C20H27N3O8. The summed E-state index contributed by atoms with van der Waals surface area (Å²) in [4.78, 5) is 50.9. The number of nitrogens with zero attached hydrogens (tertiary/aromatic N) is 2. The van der Waals surface area contributed by atoms with Crippen LogP contribution in [0.2, 0.25) is 0 Å². The van der Waals surface area contributed by atoms with Crippen LogP contribution in [0.5, 0.6) is 0 Å². The molecule has 2 N–H and O–H groups in total. The first-order valence-corrected chi connectivity index (χ1v) is 9.91. The number of carbonyl (C=O) groups excluding carboxylic acids is 4. The predicted molar refractivity (Wildman–Crippen MR) is 107 cm³/mol. The molecule has 11 heteroatoms. The summed E-state index contributed by atoms with van der Waals surface area (Å²) in [5, 5.41) is 10.8. The summed E-state index contributed by atoms with van der Waals surface area (Å²) in [6.45, 7) is 4.25. The molecule has 0 spiro atoms. The number of amides is 4. The second-order valence-electron chi connectivity index (χ2n) is 6.72. The molecule has 0 aliphatic carbocycles. The number of carbonyl (C=O) groups is 4. The van der Waals surface area contributed by atoms with Gasteiger partial charge in [-0.3, -0.25) is 4.79 Å². The molecule has 0 aromatic heterocycles. The Hall–Kier alpha value is -3.34. The minimum absolute atomic E-state index is 0.00733. The van der Waals surface area contributed by atoms with Gasteiger partial charge in [-0.1, -0.05) is 30.3 Å². The molecule has 0 saturated carbocycles. The van der Waals surface area contributed by atoms with Crippen LogP contribution in [0.3, 0.4) is 0 Å². The van der Waals surface area contributed by atoms with E-state index in [4.69, 9.17) is 14.2 Å². The zero-order valence-electron chi connectivity index (χ0n) is 17.6. The van der Waals surface area contributed by atoms with Crippen molar-refractivity contribution >= 4 is 24.2 Å². The number of ether oxygens (including phenoxy) is 3. The fraction of sp³-hybridized carbons (Fsp3) is 0.500. The largest absolute Gasteiger partial charge is 0.449 e. The summed E-state index contributed by atoms with van der Waals surface area (Å²) in [7, 11) is 0. The van der Waals surface area contributed by atoms with Crippen molar-refractivity contribution in [2.75, 3.05) is 19.8 Å². The van der Waals surface area contributed by atoms with Gasteiger partial charge in [0.05, 0.1) is 25.4 Å². The van der Waals surface area contributed by atoms with Crippen LogP contribution in [-0.4, -0.2) is 77.2 Å². The molecule has 1 aliphatic heterocycles. The van der Waals surface area contributed by atoms with Gasteiger partial charge in [0.1, 0.15) is 6.61 Å². The summed E-state index contributed by atoms with van der Waals surface area (Å²) >= 11 is 0. The molecule has 1 aliphatic rings. The summed E-state index contributed by atoms with van der Waals surface area (Å²) in [5.41, 5.74) is 2.97. The molecule has 1 aromatic rings. The number of cyclic esters (lactones) is 1. The van der Waals surface area contributed by atoms with Crippen LogP contribution >= 0.6 is 0 Å². The molecule has 1 heterocycles. The molecular weight excluding hydrogens is 410 g/mol. The third-order valence-corrected chi connectivity index (χ3v) is 4.45. The third-order valence-electron chi connectivity index (χ3n) is 4.45. The minimum atomic E-state index is -1.66. The first-order valence-electron chi connectivity index (χ1n) is 9.91. The molecule has 3 atom stereocenters. The molecule has 4 amide bonds. The highest BCUT2D eigenvalue weighted by Crippen LogP contribution is 2.21.